The summed E-state index contributed by atoms with van der Waals surface area (Å²) < 4.78 is 45.2. The van der Waals surface area contributed by atoms with Gasteiger partial charge in [0.2, 0.25) is 17.5 Å². The normalized spacial score (nSPS) is 21.3. The number of amides is 2. The van der Waals surface area contributed by atoms with E-state index < -0.39 is 27.7 Å². The maximum absolute atomic E-state index is 13.1. The van der Waals surface area contributed by atoms with E-state index in [9.17, 15) is 32.8 Å². The minimum Gasteiger partial charge on any atom is -0.744 e. The van der Waals surface area contributed by atoms with Crippen LogP contribution < -0.4 is 15.5 Å². The van der Waals surface area contributed by atoms with Crippen LogP contribution in [0.3, 0.4) is 0 Å². The van der Waals surface area contributed by atoms with Crippen LogP contribution in [0.5, 0.6) is 0 Å². The molecule has 66 heavy (non-hydrogen) atoms. The van der Waals surface area contributed by atoms with Crippen molar-refractivity contribution in [1.82, 2.24) is 10.6 Å². The first-order valence-corrected chi connectivity index (χ1v) is 25.6. The molecule has 5 aliphatic rings. The first-order valence-electron chi connectivity index (χ1n) is 24.1. The first-order chi connectivity index (χ1) is 31.5. The fraction of sp³-hybridized carbons (Fsp3) is 0.528. The van der Waals surface area contributed by atoms with E-state index in [1.54, 1.807) is 12.1 Å². The van der Waals surface area contributed by atoms with Crippen LogP contribution in [0.1, 0.15) is 128 Å². The highest BCUT2D eigenvalue weighted by atomic mass is 32.2. The molecule has 0 spiro atoms. The van der Waals surface area contributed by atoms with E-state index in [1.165, 1.54) is 17.3 Å². The number of hydrogen-bond donors (Lipinski definition) is 4. The second-order valence-corrected chi connectivity index (χ2v) is 20.9. The molecule has 7 rings (SSSR count). The van der Waals surface area contributed by atoms with E-state index in [4.69, 9.17) is 4.74 Å². The van der Waals surface area contributed by atoms with E-state index >= 15 is 0 Å². The molecule has 5 aliphatic heterocycles. The van der Waals surface area contributed by atoms with Gasteiger partial charge in [-0.3, -0.25) is 9.59 Å². The molecule has 2 aromatic rings. The molecule has 12 nitrogen and oxygen atoms in total. The van der Waals surface area contributed by atoms with Gasteiger partial charge in [0.05, 0.1) is 41.1 Å². The van der Waals surface area contributed by atoms with Crippen molar-refractivity contribution >= 4 is 39.0 Å². The molecule has 0 radical (unpaired) electrons. The summed E-state index contributed by atoms with van der Waals surface area (Å²) in [6, 6.07) is 11.1. The molecule has 2 amide bonds. The predicted octanol–water partition coefficient (Wildman–Crippen LogP) is 7.61. The number of nitrogens with zero attached hydrogens (tertiary/aromatic N) is 2. The lowest BCUT2D eigenvalue weighted by Gasteiger charge is -2.42. The van der Waals surface area contributed by atoms with Crippen LogP contribution in [-0.4, -0.2) is 95.9 Å². The number of fused-ring (bicyclic) bond motifs is 8. The number of rotatable bonds is 21. The van der Waals surface area contributed by atoms with E-state index in [1.807, 2.05) is 18.2 Å². The maximum Gasteiger partial charge on any atom is 0.224 e. The van der Waals surface area contributed by atoms with Crippen molar-refractivity contribution < 1.29 is 42.1 Å². The van der Waals surface area contributed by atoms with Crippen molar-refractivity contribution in [1.29, 1.82) is 0 Å². The van der Waals surface area contributed by atoms with Gasteiger partial charge in [-0.25, -0.2) is 8.42 Å². The number of hydrogen-bond acceptors (Lipinski definition) is 9. The van der Waals surface area contributed by atoms with Gasteiger partial charge < -0.3 is 35.0 Å². The average Bonchev–Trinajstić information content (AvgIpc) is 3.66. The average molecular weight is 923 g/mol. The fourth-order valence-corrected chi connectivity index (χ4v) is 11.1. The van der Waals surface area contributed by atoms with E-state index in [-0.39, 0.29) is 40.8 Å². The first kappa shape index (κ1) is 49.3. The number of ether oxygens (including phenoxy) is 1. The third-order valence-corrected chi connectivity index (χ3v) is 14.8. The van der Waals surface area contributed by atoms with Gasteiger partial charge in [0, 0.05) is 72.1 Å². The summed E-state index contributed by atoms with van der Waals surface area (Å²) in [6.45, 7) is 13.1. The lowest BCUT2D eigenvalue weighted by atomic mass is 9.74. The smallest absolute Gasteiger partial charge is 0.224 e. The number of anilines is 1. The molecule has 4 unspecified atom stereocenters. The number of carbonyl (C=O) groups is 2. The zero-order valence-corrected chi connectivity index (χ0v) is 40.3. The second kappa shape index (κ2) is 21.1. The second-order valence-electron chi connectivity index (χ2n) is 19.5. The summed E-state index contributed by atoms with van der Waals surface area (Å²) in [5, 5.41) is 26.0. The van der Waals surface area contributed by atoms with Crippen molar-refractivity contribution in [3.8, 4) is 0 Å². The number of allylic oxidation sites excluding steroid dienone is 6. The molecule has 356 valence electrons. The van der Waals surface area contributed by atoms with Crippen LogP contribution in [-0.2, 0) is 41.7 Å². The molecule has 13 heteroatoms. The zero-order chi connectivity index (χ0) is 47.2. The highest BCUT2D eigenvalue weighted by molar-refractivity contribution is 7.85. The molecule has 2 aromatic carbocycles. The van der Waals surface area contributed by atoms with Gasteiger partial charge in [0.1, 0.15) is 10.1 Å². The van der Waals surface area contributed by atoms with Gasteiger partial charge in [-0.15, -0.1) is 0 Å². The van der Waals surface area contributed by atoms with Gasteiger partial charge in [-0.2, -0.15) is 4.58 Å². The summed E-state index contributed by atoms with van der Waals surface area (Å²) in [7, 11) is -4.60. The van der Waals surface area contributed by atoms with Gasteiger partial charge in [0.15, 0.2) is 12.3 Å². The summed E-state index contributed by atoms with van der Waals surface area (Å²) >= 11 is 0. The monoisotopic (exact) mass is 922 g/mol. The minimum atomic E-state index is -4.60. The van der Waals surface area contributed by atoms with Crippen LogP contribution in [0.25, 0.3) is 0 Å². The van der Waals surface area contributed by atoms with Crippen molar-refractivity contribution in [2.24, 2.45) is 0 Å². The molecule has 0 fully saturated rings. The van der Waals surface area contributed by atoms with E-state index in [0.717, 1.165) is 110 Å². The molecule has 0 saturated heterocycles. The number of benzene rings is 2. The summed E-state index contributed by atoms with van der Waals surface area (Å²) in [4.78, 5) is 27.7. The lowest BCUT2D eigenvalue weighted by molar-refractivity contribution is -0.445. The lowest BCUT2D eigenvalue weighted by Crippen LogP contribution is -2.47. The third-order valence-electron chi connectivity index (χ3n) is 14.0. The Hall–Kier alpha value is -4.66. The number of unbranched alkanes of at least 4 members (excludes halogenated alkanes) is 3. The van der Waals surface area contributed by atoms with Crippen molar-refractivity contribution in [2.75, 3.05) is 31.1 Å². The van der Waals surface area contributed by atoms with E-state index in [0.29, 0.717) is 32.4 Å². The van der Waals surface area contributed by atoms with Crippen LogP contribution in [0.15, 0.2) is 101 Å². The Morgan fingerprint density at radius 3 is 2.35 bits per heavy atom. The Balaban J connectivity index is 0.863. The van der Waals surface area contributed by atoms with Gasteiger partial charge in [-0.05, 0) is 94.2 Å². The number of carbonyl (C=O) groups excluding carboxylic acids is 2. The number of aliphatic hydroxyl groups excluding tert-OH is 2. The largest absolute Gasteiger partial charge is 0.744 e. The molecular weight excluding hydrogens is 853 g/mol. The minimum absolute atomic E-state index is 0.0316. The van der Waals surface area contributed by atoms with Crippen LogP contribution >= 0.6 is 0 Å². The Labute approximate surface area is 392 Å². The SMILES string of the molecule is CCCCCC(O)C(O)C/C=C\C/C=C\C/C=C\CCCC(=O)NCCNC(=O)Cc1ccc2c(c1)C(C)(C)C1=C3C=C4C5=[N+](CCC4OC3CCN12)c1ccc(S(=O)(=O)[O-])cc1C5(C)C. The highest BCUT2D eigenvalue weighted by Gasteiger charge is 2.54. The quantitative estimate of drug-likeness (QED) is 0.0426. The Bertz CT molecular complexity index is 2440. The van der Waals surface area contributed by atoms with Crippen molar-refractivity contribution in [2.45, 2.75) is 158 Å². The van der Waals surface area contributed by atoms with Gasteiger partial charge >= 0.3 is 0 Å². The molecule has 0 saturated carbocycles. The summed E-state index contributed by atoms with van der Waals surface area (Å²) in [5.74, 6) is -0.131. The van der Waals surface area contributed by atoms with E-state index in [2.05, 4.69) is 97.2 Å². The number of aliphatic hydroxyl groups is 2. The molecule has 5 heterocycles. The molecule has 0 aromatic heterocycles. The van der Waals surface area contributed by atoms with Crippen molar-refractivity contribution in [3.63, 3.8) is 0 Å². The molecule has 4 N–H and O–H groups in total. The third kappa shape index (κ3) is 10.9. The Morgan fingerprint density at radius 2 is 1.61 bits per heavy atom. The van der Waals surface area contributed by atoms with Crippen LogP contribution in [0.2, 0.25) is 0 Å². The van der Waals surface area contributed by atoms with Crippen LogP contribution in [0, 0.1) is 0 Å². The topological polar surface area (TPSA) is 171 Å². The standard InChI is InChI=1S/C53H70N4O8S/c1-6-7-16-19-44(58)45(59)20-17-14-12-10-8-9-11-13-15-18-21-48(60)54-28-29-55-49(61)33-36-22-24-42-40(32-36)52(2,3)50-38-35-39-47(65-46(38)26-30-56(42)50)27-31-57-43-25-23-37(66(62,63)64)34-41(43)53(4,5)51(39)57/h8,10-11,13-14,17,22-25,32,34-35,44-47,58-59H,6-7,9,12,15-16,18-21,26-31,33H2,1-5H3,(H2-,54,55,60,61,62,63,64)/b10-8-,13-11-,17-14-. The Morgan fingerprint density at radius 1 is 0.879 bits per heavy atom. The number of nitrogens with one attached hydrogen (secondary N) is 2. The zero-order valence-electron chi connectivity index (χ0n) is 39.5. The Kier molecular flexibility index (Phi) is 15.7. The summed E-state index contributed by atoms with van der Waals surface area (Å²) in [6.07, 6.45) is 22.8. The predicted molar refractivity (Wildman–Crippen MR) is 258 cm³/mol. The molecule has 0 aliphatic carbocycles. The molecular formula is C53H70N4O8S. The fourth-order valence-electron chi connectivity index (χ4n) is 10.6. The molecule has 0 bridgehead atoms. The van der Waals surface area contributed by atoms with Gasteiger partial charge in [-0.1, -0.05) is 88.6 Å². The van der Waals surface area contributed by atoms with Crippen LogP contribution in [0.4, 0.5) is 11.4 Å². The van der Waals surface area contributed by atoms with Crippen molar-refractivity contribution in [3.05, 3.63) is 112 Å². The highest BCUT2D eigenvalue weighted by Crippen LogP contribution is 2.54. The van der Waals surface area contributed by atoms with Gasteiger partial charge in [0.25, 0.3) is 0 Å². The molecule has 4 atom stereocenters. The maximum atomic E-state index is 13.1. The summed E-state index contributed by atoms with van der Waals surface area (Å²) in [5.41, 5.74) is 8.64.